The first kappa shape index (κ1) is 15.0. The van der Waals surface area contributed by atoms with Gasteiger partial charge in [0, 0.05) is 43.9 Å². The van der Waals surface area contributed by atoms with Crippen molar-refractivity contribution in [3.63, 3.8) is 0 Å². The van der Waals surface area contributed by atoms with Crippen molar-refractivity contribution in [1.29, 1.82) is 0 Å². The molecule has 6 nitrogen and oxygen atoms in total. The van der Waals surface area contributed by atoms with E-state index < -0.39 is 6.04 Å². The van der Waals surface area contributed by atoms with Crippen LogP contribution in [0.3, 0.4) is 0 Å². The number of benzene rings is 1. The summed E-state index contributed by atoms with van der Waals surface area (Å²) in [4.78, 5) is 36.6. The topological polar surface area (TPSA) is 78.5 Å². The summed E-state index contributed by atoms with van der Waals surface area (Å²) in [5, 5.41) is 5.57. The lowest BCUT2D eigenvalue weighted by Crippen LogP contribution is -2.37. The Bertz CT molecular complexity index is 571. The van der Waals surface area contributed by atoms with E-state index >= 15 is 0 Å². The largest absolute Gasteiger partial charge is 0.388 e. The quantitative estimate of drug-likeness (QED) is 0.759. The van der Waals surface area contributed by atoms with E-state index in [1.807, 2.05) is 12.1 Å². The van der Waals surface area contributed by atoms with Gasteiger partial charge < -0.3 is 20.3 Å². The van der Waals surface area contributed by atoms with Gasteiger partial charge >= 0.3 is 0 Å². The van der Waals surface area contributed by atoms with Gasteiger partial charge in [-0.3, -0.25) is 9.59 Å². The number of anilines is 1. The first-order valence-corrected chi connectivity index (χ1v) is 6.88. The smallest absolute Gasteiger partial charge is 0.255 e. The van der Waals surface area contributed by atoms with Crippen LogP contribution in [0.5, 0.6) is 0 Å². The highest BCUT2D eigenvalue weighted by atomic mass is 16.2. The van der Waals surface area contributed by atoms with Crippen molar-refractivity contribution in [1.82, 2.24) is 10.2 Å². The van der Waals surface area contributed by atoms with Gasteiger partial charge in [-0.2, -0.15) is 0 Å². The van der Waals surface area contributed by atoms with Crippen LogP contribution in [0.4, 0.5) is 5.69 Å². The molecule has 6 heteroatoms. The Kier molecular flexibility index (Phi) is 4.57. The van der Waals surface area contributed by atoms with Gasteiger partial charge in [0.25, 0.3) is 5.91 Å². The number of carbonyl (C=O) groups is 3. The second-order valence-corrected chi connectivity index (χ2v) is 4.93. The lowest BCUT2D eigenvalue weighted by atomic mass is 10.1. The average molecular weight is 289 g/mol. The van der Waals surface area contributed by atoms with Gasteiger partial charge in [0.15, 0.2) is 0 Å². The lowest BCUT2D eigenvalue weighted by molar-refractivity contribution is -0.121. The molecule has 2 rings (SSSR count). The number of nitrogens with one attached hydrogen (secondary N) is 2. The molecule has 0 aromatic heterocycles. The molecule has 1 aliphatic rings. The molecule has 0 saturated carbocycles. The second-order valence-electron chi connectivity index (χ2n) is 4.93. The van der Waals surface area contributed by atoms with Crippen molar-refractivity contribution in [2.24, 2.45) is 0 Å². The van der Waals surface area contributed by atoms with Crippen molar-refractivity contribution in [3.8, 4) is 0 Å². The third-order valence-electron chi connectivity index (χ3n) is 3.77. The Morgan fingerprint density at radius 1 is 1.43 bits per heavy atom. The zero-order chi connectivity index (χ0) is 15.4. The molecule has 1 unspecified atom stereocenters. The maximum atomic E-state index is 12.4. The fourth-order valence-corrected chi connectivity index (χ4v) is 2.56. The standard InChI is InChI=1S/C15H19N3O3/c1-16-13-5-3-4-11-12(13)8-18(15(11)21)10(9-19)6-7-14(20)17-2/h3-5,9-10,16H,6-8H2,1-2H3,(H,17,20). The van der Waals surface area contributed by atoms with Crippen LogP contribution in [0, 0.1) is 0 Å². The number of rotatable bonds is 6. The number of aldehydes is 1. The van der Waals surface area contributed by atoms with E-state index in [2.05, 4.69) is 10.6 Å². The van der Waals surface area contributed by atoms with Crippen LogP contribution in [-0.4, -0.2) is 43.1 Å². The summed E-state index contributed by atoms with van der Waals surface area (Å²) in [6.45, 7) is 0.391. The summed E-state index contributed by atoms with van der Waals surface area (Å²) in [6, 6.07) is 4.90. The van der Waals surface area contributed by atoms with E-state index in [1.54, 1.807) is 20.2 Å². The molecular weight excluding hydrogens is 270 g/mol. The zero-order valence-electron chi connectivity index (χ0n) is 12.2. The Morgan fingerprint density at radius 3 is 2.81 bits per heavy atom. The maximum Gasteiger partial charge on any atom is 0.255 e. The molecular formula is C15H19N3O3. The minimum atomic E-state index is -0.577. The van der Waals surface area contributed by atoms with Gasteiger partial charge in [-0.15, -0.1) is 0 Å². The van der Waals surface area contributed by atoms with Crippen LogP contribution >= 0.6 is 0 Å². The molecule has 1 aliphatic heterocycles. The molecule has 2 N–H and O–H groups in total. The molecule has 0 spiro atoms. The molecule has 1 aromatic carbocycles. The summed E-state index contributed by atoms with van der Waals surface area (Å²) >= 11 is 0. The van der Waals surface area contributed by atoms with Crippen LogP contribution in [0.25, 0.3) is 0 Å². The van der Waals surface area contributed by atoms with Gasteiger partial charge in [-0.25, -0.2) is 0 Å². The van der Waals surface area contributed by atoms with Crippen LogP contribution in [0.1, 0.15) is 28.8 Å². The molecule has 0 aliphatic carbocycles. The predicted octanol–water partition coefficient (Wildman–Crippen LogP) is 0.778. The molecule has 1 heterocycles. The summed E-state index contributed by atoms with van der Waals surface area (Å²) in [5.41, 5.74) is 2.41. The molecule has 0 saturated heterocycles. The van der Waals surface area contributed by atoms with Gasteiger partial charge in [-0.05, 0) is 18.6 Å². The third-order valence-corrected chi connectivity index (χ3v) is 3.77. The van der Waals surface area contributed by atoms with Gasteiger partial charge in [0.2, 0.25) is 5.91 Å². The highest BCUT2D eigenvalue weighted by molar-refractivity contribution is 6.01. The van der Waals surface area contributed by atoms with E-state index in [1.165, 1.54) is 4.90 Å². The number of amides is 2. The molecule has 0 radical (unpaired) electrons. The van der Waals surface area contributed by atoms with Crippen molar-refractivity contribution in [2.75, 3.05) is 19.4 Å². The molecule has 1 aromatic rings. The molecule has 0 fully saturated rings. The van der Waals surface area contributed by atoms with Crippen LogP contribution in [-0.2, 0) is 16.1 Å². The van der Waals surface area contributed by atoms with E-state index in [9.17, 15) is 14.4 Å². The summed E-state index contributed by atoms with van der Waals surface area (Å²) < 4.78 is 0. The van der Waals surface area contributed by atoms with Crippen LogP contribution in [0.15, 0.2) is 18.2 Å². The third kappa shape index (κ3) is 2.89. The Morgan fingerprint density at radius 2 is 2.19 bits per heavy atom. The van der Waals surface area contributed by atoms with E-state index in [-0.39, 0.29) is 18.2 Å². The van der Waals surface area contributed by atoms with Gasteiger partial charge in [0.1, 0.15) is 6.29 Å². The van der Waals surface area contributed by atoms with Gasteiger partial charge in [-0.1, -0.05) is 6.07 Å². The Balaban J connectivity index is 2.17. The number of nitrogens with zero attached hydrogens (tertiary/aromatic N) is 1. The minimum absolute atomic E-state index is 0.137. The fraction of sp³-hybridized carbons (Fsp3) is 0.400. The number of carbonyl (C=O) groups excluding carboxylic acids is 3. The molecule has 0 bridgehead atoms. The molecule has 1 atom stereocenters. The highest BCUT2D eigenvalue weighted by Gasteiger charge is 2.33. The van der Waals surface area contributed by atoms with Crippen molar-refractivity contribution >= 4 is 23.8 Å². The van der Waals surface area contributed by atoms with E-state index in [4.69, 9.17) is 0 Å². The Labute approximate surface area is 123 Å². The van der Waals surface area contributed by atoms with Crippen molar-refractivity contribution < 1.29 is 14.4 Å². The normalized spacial score (nSPS) is 14.6. The summed E-state index contributed by atoms with van der Waals surface area (Å²) in [6.07, 6.45) is 1.29. The fourth-order valence-electron chi connectivity index (χ4n) is 2.56. The highest BCUT2D eigenvalue weighted by Crippen LogP contribution is 2.30. The van der Waals surface area contributed by atoms with Gasteiger partial charge in [0.05, 0.1) is 6.04 Å². The predicted molar refractivity (Wildman–Crippen MR) is 79.0 cm³/mol. The number of hydrogen-bond acceptors (Lipinski definition) is 4. The van der Waals surface area contributed by atoms with E-state index in [0.29, 0.717) is 18.5 Å². The molecule has 112 valence electrons. The monoisotopic (exact) mass is 289 g/mol. The lowest BCUT2D eigenvalue weighted by Gasteiger charge is -2.22. The molecule has 21 heavy (non-hydrogen) atoms. The molecule has 2 amide bonds. The average Bonchev–Trinajstić information content (AvgIpc) is 2.85. The van der Waals surface area contributed by atoms with Crippen LogP contribution in [0.2, 0.25) is 0 Å². The van der Waals surface area contributed by atoms with E-state index in [0.717, 1.165) is 17.5 Å². The van der Waals surface area contributed by atoms with Crippen molar-refractivity contribution in [3.05, 3.63) is 29.3 Å². The minimum Gasteiger partial charge on any atom is -0.388 e. The Hall–Kier alpha value is -2.37. The maximum absolute atomic E-state index is 12.4. The number of fused-ring (bicyclic) bond motifs is 1. The zero-order valence-corrected chi connectivity index (χ0v) is 12.2. The summed E-state index contributed by atoms with van der Waals surface area (Å²) in [5.74, 6) is -0.293. The SMILES string of the molecule is CNC(=O)CCC(C=O)N1Cc2c(NC)cccc2C1=O. The first-order valence-electron chi connectivity index (χ1n) is 6.88. The second kappa shape index (κ2) is 6.39. The first-order chi connectivity index (χ1) is 10.1. The summed E-state index contributed by atoms with van der Waals surface area (Å²) in [7, 11) is 3.35. The van der Waals surface area contributed by atoms with Crippen LogP contribution < -0.4 is 10.6 Å². The number of hydrogen-bond donors (Lipinski definition) is 2. The van der Waals surface area contributed by atoms with Crippen molar-refractivity contribution in [2.45, 2.75) is 25.4 Å².